The molecule has 1 atom stereocenters. The van der Waals surface area contributed by atoms with Crippen LogP contribution in [0.3, 0.4) is 0 Å². The molecule has 0 fully saturated rings. The summed E-state index contributed by atoms with van der Waals surface area (Å²) >= 11 is 0. The summed E-state index contributed by atoms with van der Waals surface area (Å²) in [6.07, 6.45) is 2.62. The van der Waals surface area contributed by atoms with Gasteiger partial charge >= 0.3 is 0 Å². The van der Waals surface area contributed by atoms with Crippen LogP contribution in [0, 0.1) is 0 Å². The topological polar surface area (TPSA) is 58.9 Å². The number of aliphatic hydroxyl groups is 2. The maximum Gasteiger partial charge on any atom is 0.0745 e. The van der Waals surface area contributed by atoms with Crippen molar-refractivity contribution in [3.8, 4) is 0 Å². The van der Waals surface area contributed by atoms with Crippen LogP contribution in [0.4, 0.5) is 0 Å². The second-order valence-corrected chi connectivity index (χ2v) is 4.71. The molecule has 0 aliphatic heterocycles. The Morgan fingerprint density at radius 2 is 1.88 bits per heavy atom. The third-order valence-electron chi connectivity index (χ3n) is 2.27. The molecule has 0 radical (unpaired) electrons. The minimum absolute atomic E-state index is 0.158. The van der Waals surface area contributed by atoms with E-state index >= 15 is 0 Å². The number of aliphatic hydroxyl groups excluding tert-OH is 2. The average molecular weight is 250 g/mol. The van der Waals surface area contributed by atoms with Crippen LogP contribution in [-0.4, -0.2) is 48.8 Å². The first-order chi connectivity index (χ1) is 7.89. The van der Waals surface area contributed by atoms with Crippen molar-refractivity contribution in [3.63, 3.8) is 0 Å². The molecule has 4 nitrogen and oxygen atoms in total. The number of methoxy groups -OCH3 is 1. The number of unbranched alkanes of at least 4 members (excludes halogenated alkanes) is 1. The van der Waals surface area contributed by atoms with Gasteiger partial charge in [0.25, 0.3) is 0 Å². The summed E-state index contributed by atoms with van der Waals surface area (Å²) in [4.78, 5) is 0. The van der Waals surface area contributed by atoms with Crippen molar-refractivity contribution in [3.05, 3.63) is 0 Å². The number of rotatable bonds is 8. The van der Waals surface area contributed by atoms with Gasteiger partial charge in [-0.25, -0.2) is 0 Å². The number of hydrogen-bond donors (Lipinski definition) is 2. The predicted octanol–water partition coefficient (Wildman–Crippen LogP) is 1.98. The van der Waals surface area contributed by atoms with Gasteiger partial charge in [-0.05, 0) is 33.6 Å². The Kier molecular flexibility index (Phi) is 13.9. The molecular weight excluding hydrogens is 220 g/mol. The van der Waals surface area contributed by atoms with Gasteiger partial charge in [-0.2, -0.15) is 0 Å². The van der Waals surface area contributed by atoms with Gasteiger partial charge < -0.3 is 19.7 Å². The molecule has 0 saturated heterocycles. The molecule has 0 aromatic rings. The van der Waals surface area contributed by atoms with Gasteiger partial charge in [0.15, 0.2) is 0 Å². The van der Waals surface area contributed by atoms with E-state index in [0.717, 1.165) is 19.4 Å². The fourth-order valence-electron chi connectivity index (χ4n) is 0.872. The molecule has 0 rings (SSSR count). The summed E-state index contributed by atoms with van der Waals surface area (Å²) in [7, 11) is 1.65. The number of hydrogen-bond acceptors (Lipinski definition) is 4. The molecule has 0 aliphatic rings. The fourth-order valence-corrected chi connectivity index (χ4v) is 0.872. The smallest absolute Gasteiger partial charge is 0.0745 e. The lowest BCUT2D eigenvalue weighted by molar-refractivity contribution is 0.00293. The Bertz CT molecular complexity index is 146. The first-order valence-corrected chi connectivity index (χ1v) is 6.31. The lowest BCUT2D eigenvalue weighted by Crippen LogP contribution is -2.23. The van der Waals surface area contributed by atoms with Gasteiger partial charge in [-0.15, -0.1) is 0 Å². The summed E-state index contributed by atoms with van der Waals surface area (Å²) in [6, 6.07) is 0. The lowest BCUT2D eigenvalue weighted by Gasteiger charge is -2.20. The van der Waals surface area contributed by atoms with Crippen LogP contribution in [0.15, 0.2) is 0 Å². The average Bonchev–Trinajstić information content (AvgIpc) is 2.25. The van der Waals surface area contributed by atoms with Crippen molar-refractivity contribution in [2.24, 2.45) is 0 Å². The van der Waals surface area contributed by atoms with Crippen LogP contribution < -0.4 is 0 Å². The molecule has 0 amide bonds. The van der Waals surface area contributed by atoms with Gasteiger partial charge in [-0.3, -0.25) is 0 Å². The van der Waals surface area contributed by atoms with Crippen LogP contribution in [0.25, 0.3) is 0 Å². The van der Waals surface area contributed by atoms with Gasteiger partial charge in [0, 0.05) is 20.3 Å². The third kappa shape index (κ3) is 18.4. The summed E-state index contributed by atoms with van der Waals surface area (Å²) in [5.74, 6) is 0. The Hall–Kier alpha value is -0.160. The van der Waals surface area contributed by atoms with E-state index in [1.54, 1.807) is 14.0 Å². The monoisotopic (exact) mass is 250 g/mol. The van der Waals surface area contributed by atoms with E-state index in [1.165, 1.54) is 0 Å². The van der Waals surface area contributed by atoms with Gasteiger partial charge in [0.05, 0.1) is 18.3 Å². The summed E-state index contributed by atoms with van der Waals surface area (Å²) in [5, 5.41) is 17.2. The van der Waals surface area contributed by atoms with Gasteiger partial charge in [0.2, 0.25) is 0 Å². The fraction of sp³-hybridized carbons (Fsp3) is 1.00. The molecule has 0 bridgehead atoms. The van der Waals surface area contributed by atoms with Gasteiger partial charge in [0.1, 0.15) is 0 Å². The summed E-state index contributed by atoms with van der Waals surface area (Å²) in [6.45, 7) is 9.19. The molecule has 17 heavy (non-hydrogen) atoms. The molecule has 106 valence electrons. The van der Waals surface area contributed by atoms with Crippen molar-refractivity contribution in [1.29, 1.82) is 0 Å². The first kappa shape index (κ1) is 19.2. The van der Waals surface area contributed by atoms with Crippen LogP contribution in [0.5, 0.6) is 0 Å². The van der Waals surface area contributed by atoms with Gasteiger partial charge in [-0.1, -0.05) is 13.3 Å². The second-order valence-electron chi connectivity index (χ2n) is 4.71. The van der Waals surface area contributed by atoms with Crippen molar-refractivity contribution < 1.29 is 19.7 Å². The van der Waals surface area contributed by atoms with Crippen LogP contribution in [0.2, 0.25) is 0 Å². The van der Waals surface area contributed by atoms with E-state index in [-0.39, 0.29) is 18.3 Å². The minimum Gasteiger partial charge on any atom is -0.396 e. The highest BCUT2D eigenvalue weighted by Gasteiger charge is 2.13. The molecule has 0 spiro atoms. The lowest BCUT2D eigenvalue weighted by atomic mass is 10.1. The van der Waals surface area contributed by atoms with E-state index in [0.29, 0.717) is 13.0 Å². The van der Waals surface area contributed by atoms with E-state index in [1.807, 2.05) is 13.8 Å². The predicted molar refractivity (Wildman–Crippen MR) is 70.2 cm³/mol. The minimum atomic E-state index is -0.318. The number of ether oxygens (including phenoxy) is 2. The molecule has 2 N–H and O–H groups in total. The Balaban J connectivity index is 0. The van der Waals surface area contributed by atoms with E-state index in [2.05, 4.69) is 6.92 Å². The molecule has 0 saturated carbocycles. The van der Waals surface area contributed by atoms with Crippen LogP contribution >= 0.6 is 0 Å². The molecule has 0 aliphatic carbocycles. The van der Waals surface area contributed by atoms with E-state index < -0.39 is 0 Å². The Labute approximate surface area is 106 Å². The quantitative estimate of drug-likeness (QED) is 0.647. The maximum absolute atomic E-state index is 8.73. The zero-order valence-corrected chi connectivity index (χ0v) is 12.0. The highest BCUT2D eigenvalue weighted by atomic mass is 16.5. The molecule has 4 heteroatoms. The molecule has 0 aromatic heterocycles. The normalized spacial score (nSPS) is 12.9. The maximum atomic E-state index is 8.73. The zero-order chi connectivity index (χ0) is 13.7. The SMILES string of the molecule is CCCCOCC(C)O.COC(C)(C)CCO. The first-order valence-electron chi connectivity index (χ1n) is 6.31. The molecule has 1 unspecified atom stereocenters. The van der Waals surface area contributed by atoms with Crippen molar-refractivity contribution in [2.75, 3.05) is 26.9 Å². The second kappa shape index (κ2) is 12.3. The standard InChI is InChI=1S/C7H16O2.C6H14O2/c1-3-4-5-9-6-7(2)8;1-6(2,8-3)4-5-7/h7-8H,3-6H2,1-2H3;7H,4-5H2,1-3H3. The van der Waals surface area contributed by atoms with Crippen LogP contribution in [-0.2, 0) is 9.47 Å². The van der Waals surface area contributed by atoms with Crippen molar-refractivity contribution in [2.45, 2.75) is 58.7 Å². The van der Waals surface area contributed by atoms with Crippen LogP contribution in [0.1, 0.15) is 47.0 Å². The highest BCUT2D eigenvalue weighted by Crippen LogP contribution is 2.10. The van der Waals surface area contributed by atoms with Crippen molar-refractivity contribution >= 4 is 0 Å². The highest BCUT2D eigenvalue weighted by molar-refractivity contribution is 4.65. The largest absolute Gasteiger partial charge is 0.396 e. The Morgan fingerprint density at radius 3 is 2.18 bits per heavy atom. The summed E-state index contributed by atoms with van der Waals surface area (Å²) in [5.41, 5.74) is -0.158. The van der Waals surface area contributed by atoms with E-state index in [4.69, 9.17) is 19.7 Å². The molecule has 0 aromatic carbocycles. The van der Waals surface area contributed by atoms with E-state index in [9.17, 15) is 0 Å². The zero-order valence-electron chi connectivity index (χ0n) is 12.0. The molecule has 0 heterocycles. The third-order valence-corrected chi connectivity index (χ3v) is 2.27. The molecular formula is C13H30O4. The summed E-state index contributed by atoms with van der Waals surface area (Å²) < 4.78 is 10.1. The Morgan fingerprint density at radius 1 is 1.29 bits per heavy atom. The van der Waals surface area contributed by atoms with Crippen molar-refractivity contribution in [1.82, 2.24) is 0 Å².